The zero-order chi connectivity index (χ0) is 16.2. The van der Waals surface area contributed by atoms with E-state index in [2.05, 4.69) is 9.97 Å². The van der Waals surface area contributed by atoms with Gasteiger partial charge in [0.25, 0.3) is 0 Å². The van der Waals surface area contributed by atoms with Gasteiger partial charge in [0.05, 0.1) is 27.7 Å². The molecule has 0 atom stereocenters. The number of hydrogen-bond acceptors (Lipinski definition) is 3. The fourth-order valence-electron chi connectivity index (χ4n) is 2.03. The van der Waals surface area contributed by atoms with Crippen LogP contribution in [-0.4, -0.2) is 21.5 Å². The largest absolute Gasteiger partial charge is 0.333 e. The SMILES string of the molecule is O=C(CSc1ncc(-c2ccccc2)[nH]1)c1ccc(Cl)c(Cl)c1. The molecule has 1 N–H and O–H groups in total. The molecule has 6 heteroatoms. The zero-order valence-electron chi connectivity index (χ0n) is 11.9. The first-order valence-electron chi connectivity index (χ1n) is 6.85. The highest BCUT2D eigenvalue weighted by molar-refractivity contribution is 7.99. The maximum absolute atomic E-state index is 12.2. The monoisotopic (exact) mass is 362 g/mol. The molecule has 0 amide bonds. The van der Waals surface area contributed by atoms with Gasteiger partial charge in [0.15, 0.2) is 10.9 Å². The van der Waals surface area contributed by atoms with Crippen LogP contribution in [0.5, 0.6) is 0 Å². The van der Waals surface area contributed by atoms with Crippen molar-refractivity contribution in [1.29, 1.82) is 0 Å². The van der Waals surface area contributed by atoms with E-state index in [0.717, 1.165) is 11.3 Å². The maximum atomic E-state index is 12.2. The molecule has 3 rings (SSSR count). The number of rotatable bonds is 5. The van der Waals surface area contributed by atoms with Gasteiger partial charge in [0, 0.05) is 5.56 Å². The number of H-pyrrole nitrogens is 1. The van der Waals surface area contributed by atoms with Gasteiger partial charge in [0.1, 0.15) is 0 Å². The molecular formula is C17H12Cl2N2OS. The fourth-order valence-corrected chi connectivity index (χ4v) is 3.07. The molecule has 2 aromatic carbocycles. The van der Waals surface area contributed by atoms with Gasteiger partial charge in [-0.2, -0.15) is 0 Å². The molecule has 3 nitrogen and oxygen atoms in total. The Hall–Kier alpha value is -1.75. The van der Waals surface area contributed by atoms with E-state index < -0.39 is 0 Å². The van der Waals surface area contributed by atoms with Crippen molar-refractivity contribution >= 4 is 40.7 Å². The number of nitrogens with zero attached hydrogens (tertiary/aromatic N) is 1. The second-order valence-corrected chi connectivity index (χ2v) is 6.59. The number of carbonyl (C=O) groups excluding carboxylic acids is 1. The van der Waals surface area contributed by atoms with Crippen LogP contribution in [0.2, 0.25) is 10.0 Å². The van der Waals surface area contributed by atoms with Crippen molar-refractivity contribution in [1.82, 2.24) is 9.97 Å². The molecule has 0 aliphatic carbocycles. The van der Waals surface area contributed by atoms with Crippen molar-refractivity contribution in [2.24, 2.45) is 0 Å². The van der Waals surface area contributed by atoms with E-state index in [1.165, 1.54) is 11.8 Å². The number of Topliss-reactive ketones (excluding diaryl/α,β-unsaturated/α-hetero) is 1. The van der Waals surface area contributed by atoms with Gasteiger partial charge in [0.2, 0.25) is 0 Å². The van der Waals surface area contributed by atoms with Crippen LogP contribution in [0.1, 0.15) is 10.4 Å². The first kappa shape index (κ1) is 16.1. The summed E-state index contributed by atoms with van der Waals surface area (Å²) >= 11 is 13.1. The second kappa shape index (κ2) is 7.21. The van der Waals surface area contributed by atoms with Crippen LogP contribution >= 0.6 is 35.0 Å². The van der Waals surface area contributed by atoms with Gasteiger partial charge in [-0.1, -0.05) is 65.3 Å². The summed E-state index contributed by atoms with van der Waals surface area (Å²) in [5.74, 6) is 0.255. The first-order valence-corrected chi connectivity index (χ1v) is 8.59. The van der Waals surface area contributed by atoms with Gasteiger partial charge >= 0.3 is 0 Å². The fraction of sp³-hybridized carbons (Fsp3) is 0.0588. The number of halogens is 2. The zero-order valence-corrected chi connectivity index (χ0v) is 14.3. The van der Waals surface area contributed by atoms with Gasteiger partial charge < -0.3 is 4.98 Å². The molecular weight excluding hydrogens is 351 g/mol. The molecule has 0 bridgehead atoms. The molecule has 116 valence electrons. The molecule has 0 saturated heterocycles. The van der Waals surface area contributed by atoms with Crippen LogP contribution in [0.25, 0.3) is 11.3 Å². The Labute approximate surface area is 148 Å². The van der Waals surface area contributed by atoms with Crippen LogP contribution in [0.4, 0.5) is 0 Å². The minimum atomic E-state index is -0.0220. The second-order valence-electron chi connectivity index (χ2n) is 4.81. The number of carbonyl (C=O) groups is 1. The third-order valence-corrected chi connectivity index (χ3v) is 4.85. The van der Waals surface area contributed by atoms with Crippen molar-refractivity contribution in [2.75, 3.05) is 5.75 Å². The van der Waals surface area contributed by atoms with Gasteiger partial charge in [-0.05, 0) is 23.8 Å². The van der Waals surface area contributed by atoms with Crippen molar-refractivity contribution in [3.05, 3.63) is 70.3 Å². The summed E-state index contributed by atoms with van der Waals surface area (Å²) in [6.45, 7) is 0. The molecule has 0 aliphatic rings. The molecule has 0 aliphatic heterocycles. The summed E-state index contributed by atoms with van der Waals surface area (Å²) in [5.41, 5.74) is 2.53. The molecule has 0 unspecified atom stereocenters. The van der Waals surface area contributed by atoms with Gasteiger partial charge in [-0.15, -0.1) is 0 Å². The van der Waals surface area contributed by atoms with Crippen molar-refractivity contribution < 1.29 is 4.79 Å². The Bertz CT molecular complexity index is 834. The Morgan fingerprint density at radius 3 is 2.61 bits per heavy atom. The first-order chi connectivity index (χ1) is 11.1. The molecule has 23 heavy (non-hydrogen) atoms. The molecule has 1 heterocycles. The standard InChI is InChI=1S/C17H12Cl2N2OS/c18-13-7-6-12(8-14(13)19)16(22)10-23-17-20-9-15(21-17)11-4-2-1-3-5-11/h1-9H,10H2,(H,20,21). The molecule has 0 radical (unpaired) electrons. The predicted octanol–water partition coefficient (Wildman–Crippen LogP) is 5.36. The van der Waals surface area contributed by atoms with E-state index >= 15 is 0 Å². The predicted molar refractivity (Wildman–Crippen MR) is 95.5 cm³/mol. The maximum Gasteiger partial charge on any atom is 0.173 e. The van der Waals surface area contributed by atoms with Crippen LogP contribution in [-0.2, 0) is 0 Å². The summed E-state index contributed by atoms with van der Waals surface area (Å²) in [5, 5.41) is 1.53. The number of thioether (sulfide) groups is 1. The van der Waals surface area contributed by atoms with Crippen molar-refractivity contribution in [3.63, 3.8) is 0 Å². The number of benzene rings is 2. The van der Waals surface area contributed by atoms with Gasteiger partial charge in [-0.3, -0.25) is 4.79 Å². The third-order valence-electron chi connectivity index (χ3n) is 3.22. The average Bonchev–Trinajstić information content (AvgIpc) is 3.05. The lowest BCUT2D eigenvalue weighted by Crippen LogP contribution is -2.02. The lowest BCUT2D eigenvalue weighted by atomic mass is 10.1. The number of imidazole rings is 1. The highest BCUT2D eigenvalue weighted by Gasteiger charge is 2.11. The summed E-state index contributed by atoms with van der Waals surface area (Å²) in [4.78, 5) is 19.7. The molecule has 3 aromatic rings. The Morgan fingerprint density at radius 2 is 1.87 bits per heavy atom. The number of nitrogens with one attached hydrogen (secondary N) is 1. The molecule has 0 spiro atoms. The average molecular weight is 363 g/mol. The van der Waals surface area contributed by atoms with E-state index in [0.29, 0.717) is 20.8 Å². The lowest BCUT2D eigenvalue weighted by Gasteiger charge is -2.02. The molecule has 0 fully saturated rings. The van der Waals surface area contributed by atoms with Crippen LogP contribution in [0.3, 0.4) is 0 Å². The number of hydrogen-bond donors (Lipinski definition) is 1. The Morgan fingerprint density at radius 1 is 1.09 bits per heavy atom. The molecule has 1 aromatic heterocycles. The Balaban J connectivity index is 1.65. The molecule has 0 saturated carbocycles. The van der Waals surface area contributed by atoms with E-state index in [-0.39, 0.29) is 11.5 Å². The smallest absolute Gasteiger partial charge is 0.173 e. The summed E-state index contributed by atoms with van der Waals surface area (Å²) in [6, 6.07) is 14.8. The normalized spacial score (nSPS) is 10.7. The van der Waals surface area contributed by atoms with E-state index in [9.17, 15) is 4.79 Å². The highest BCUT2D eigenvalue weighted by Crippen LogP contribution is 2.25. The quantitative estimate of drug-likeness (QED) is 0.490. The van der Waals surface area contributed by atoms with Crippen LogP contribution in [0.15, 0.2) is 59.9 Å². The van der Waals surface area contributed by atoms with Crippen LogP contribution < -0.4 is 0 Å². The minimum Gasteiger partial charge on any atom is -0.333 e. The third kappa shape index (κ3) is 3.96. The summed E-state index contributed by atoms with van der Waals surface area (Å²) in [6.07, 6.45) is 1.77. The highest BCUT2D eigenvalue weighted by atomic mass is 35.5. The van der Waals surface area contributed by atoms with Crippen molar-refractivity contribution in [2.45, 2.75) is 5.16 Å². The number of ketones is 1. The van der Waals surface area contributed by atoms with E-state index in [1.54, 1.807) is 24.4 Å². The van der Waals surface area contributed by atoms with Crippen molar-refractivity contribution in [3.8, 4) is 11.3 Å². The van der Waals surface area contributed by atoms with Gasteiger partial charge in [-0.25, -0.2) is 4.98 Å². The lowest BCUT2D eigenvalue weighted by molar-refractivity contribution is 0.102. The number of aromatic nitrogens is 2. The Kier molecular flexibility index (Phi) is 5.06. The topological polar surface area (TPSA) is 45.8 Å². The van der Waals surface area contributed by atoms with Crippen LogP contribution in [0, 0.1) is 0 Å². The number of aromatic amines is 1. The minimum absolute atomic E-state index is 0.0220. The van der Waals surface area contributed by atoms with E-state index in [1.807, 2.05) is 30.3 Å². The summed E-state index contributed by atoms with van der Waals surface area (Å²) < 4.78 is 0. The van der Waals surface area contributed by atoms with E-state index in [4.69, 9.17) is 23.2 Å². The summed E-state index contributed by atoms with van der Waals surface area (Å²) in [7, 11) is 0.